The van der Waals surface area contributed by atoms with Crippen molar-refractivity contribution in [1.29, 1.82) is 0 Å². The van der Waals surface area contributed by atoms with Crippen LogP contribution in [-0.2, 0) is 9.53 Å². The summed E-state index contributed by atoms with van der Waals surface area (Å²) in [6, 6.07) is 4.07. The first-order valence-electron chi connectivity index (χ1n) is 5.44. The van der Waals surface area contributed by atoms with Crippen LogP contribution in [0.4, 0.5) is 4.39 Å². The molecule has 0 aromatic heterocycles. The Labute approximate surface area is 105 Å². The van der Waals surface area contributed by atoms with Gasteiger partial charge in [0.1, 0.15) is 11.6 Å². The molecule has 0 aliphatic carbocycles. The maximum Gasteiger partial charge on any atom is 0.314 e. The molecule has 0 amide bonds. The fourth-order valence-corrected chi connectivity index (χ4v) is 1.62. The Hall–Kier alpha value is -1.62. The van der Waals surface area contributed by atoms with Gasteiger partial charge >= 0.3 is 5.97 Å². The predicted octanol–water partition coefficient (Wildman–Crippen LogP) is 2.07. The monoisotopic (exact) mass is 256 g/mol. The van der Waals surface area contributed by atoms with E-state index in [0.717, 1.165) is 6.07 Å². The Morgan fingerprint density at radius 1 is 1.39 bits per heavy atom. The smallest absolute Gasteiger partial charge is 0.314 e. The molecule has 0 unspecified atom stereocenters. The second-order valence-electron chi connectivity index (χ2n) is 4.50. The minimum atomic E-state index is -1.30. The lowest BCUT2D eigenvalue weighted by Crippen LogP contribution is -2.33. The van der Waals surface area contributed by atoms with Crippen LogP contribution in [0.3, 0.4) is 0 Å². The van der Waals surface area contributed by atoms with Gasteiger partial charge in [0.2, 0.25) is 0 Å². The van der Waals surface area contributed by atoms with Gasteiger partial charge < -0.3 is 14.6 Å². The quantitative estimate of drug-likeness (QED) is 0.838. The molecular weight excluding hydrogens is 239 g/mol. The van der Waals surface area contributed by atoms with Crippen molar-refractivity contribution in [2.24, 2.45) is 5.41 Å². The zero-order valence-corrected chi connectivity index (χ0v) is 10.9. The van der Waals surface area contributed by atoms with Gasteiger partial charge in [-0.1, -0.05) is 0 Å². The molecule has 0 aliphatic heterocycles. The average Bonchev–Trinajstić information content (AvgIpc) is 2.36. The molecule has 0 saturated heterocycles. The Bertz CT molecular complexity index is 443. The van der Waals surface area contributed by atoms with E-state index >= 15 is 0 Å². The number of benzene rings is 1. The molecule has 1 aromatic rings. The number of esters is 1. The second kappa shape index (κ2) is 5.35. The van der Waals surface area contributed by atoms with Crippen LogP contribution in [0.1, 0.15) is 25.5 Å². The molecule has 0 heterocycles. The summed E-state index contributed by atoms with van der Waals surface area (Å²) in [5.41, 5.74) is -1.20. The van der Waals surface area contributed by atoms with E-state index in [1.54, 1.807) is 0 Å². The van der Waals surface area contributed by atoms with Crippen LogP contribution >= 0.6 is 0 Å². The van der Waals surface area contributed by atoms with Crippen molar-refractivity contribution in [2.75, 3.05) is 14.2 Å². The zero-order valence-electron chi connectivity index (χ0n) is 10.9. The Kier molecular flexibility index (Phi) is 4.29. The van der Waals surface area contributed by atoms with Gasteiger partial charge in [0.15, 0.2) is 0 Å². The summed E-state index contributed by atoms with van der Waals surface area (Å²) in [6.45, 7) is 2.99. The first kappa shape index (κ1) is 14.4. The van der Waals surface area contributed by atoms with Gasteiger partial charge in [0.25, 0.3) is 0 Å². The largest absolute Gasteiger partial charge is 0.497 e. The van der Waals surface area contributed by atoms with Crippen LogP contribution in [0.2, 0.25) is 0 Å². The fraction of sp³-hybridized carbons (Fsp3) is 0.462. The molecule has 100 valence electrons. The predicted molar refractivity (Wildman–Crippen MR) is 63.7 cm³/mol. The summed E-state index contributed by atoms with van der Waals surface area (Å²) in [5, 5.41) is 10.1. The standard InChI is InChI=1S/C13H17FO4/c1-13(2,12(16)18-4)11(15)9-6-5-8(17-3)7-10(9)14/h5-7,11,15H,1-4H3/t11-/m1/s1. The summed E-state index contributed by atoms with van der Waals surface area (Å²) in [4.78, 5) is 11.6. The number of ether oxygens (including phenoxy) is 2. The van der Waals surface area contributed by atoms with Gasteiger partial charge in [-0.2, -0.15) is 0 Å². The first-order chi connectivity index (χ1) is 8.34. The fourth-order valence-electron chi connectivity index (χ4n) is 1.62. The van der Waals surface area contributed by atoms with Crippen molar-refractivity contribution >= 4 is 5.97 Å². The molecule has 5 heteroatoms. The van der Waals surface area contributed by atoms with Crippen molar-refractivity contribution in [3.05, 3.63) is 29.6 Å². The van der Waals surface area contributed by atoms with Crippen LogP contribution in [-0.4, -0.2) is 25.3 Å². The maximum absolute atomic E-state index is 13.8. The number of hydrogen-bond donors (Lipinski definition) is 1. The molecule has 4 nitrogen and oxygen atoms in total. The SMILES string of the molecule is COC(=O)C(C)(C)[C@H](O)c1ccc(OC)cc1F. The van der Waals surface area contributed by atoms with Crippen LogP contribution < -0.4 is 4.74 Å². The average molecular weight is 256 g/mol. The van der Waals surface area contributed by atoms with E-state index in [9.17, 15) is 14.3 Å². The highest BCUT2D eigenvalue weighted by atomic mass is 19.1. The molecule has 0 aliphatic rings. The van der Waals surface area contributed by atoms with Gasteiger partial charge in [-0.05, 0) is 26.0 Å². The molecule has 18 heavy (non-hydrogen) atoms. The minimum Gasteiger partial charge on any atom is -0.497 e. The van der Waals surface area contributed by atoms with Crippen molar-refractivity contribution in [1.82, 2.24) is 0 Å². The van der Waals surface area contributed by atoms with Crippen molar-refractivity contribution < 1.29 is 23.8 Å². The number of hydrogen-bond acceptors (Lipinski definition) is 4. The number of halogens is 1. The van der Waals surface area contributed by atoms with Gasteiger partial charge in [0, 0.05) is 11.6 Å². The number of carbonyl (C=O) groups is 1. The van der Waals surface area contributed by atoms with Gasteiger partial charge in [-0.25, -0.2) is 4.39 Å². The third-order valence-electron chi connectivity index (χ3n) is 2.90. The second-order valence-corrected chi connectivity index (χ2v) is 4.50. The van der Waals surface area contributed by atoms with Crippen LogP contribution in [0, 0.1) is 11.2 Å². The lowest BCUT2D eigenvalue weighted by Gasteiger charge is -2.28. The summed E-state index contributed by atoms with van der Waals surface area (Å²) < 4.78 is 23.3. The van der Waals surface area contributed by atoms with Crippen molar-refractivity contribution in [3.8, 4) is 5.75 Å². The first-order valence-corrected chi connectivity index (χ1v) is 5.44. The number of carbonyl (C=O) groups excluding carboxylic acids is 1. The Morgan fingerprint density at radius 3 is 2.44 bits per heavy atom. The molecule has 1 atom stereocenters. The summed E-state index contributed by atoms with van der Waals surface area (Å²) in [7, 11) is 2.64. The highest BCUT2D eigenvalue weighted by Gasteiger charge is 2.39. The van der Waals surface area contributed by atoms with E-state index in [-0.39, 0.29) is 5.56 Å². The number of methoxy groups -OCH3 is 2. The van der Waals surface area contributed by atoms with Crippen LogP contribution in [0.25, 0.3) is 0 Å². The molecule has 0 radical (unpaired) electrons. The van der Waals surface area contributed by atoms with E-state index in [4.69, 9.17) is 4.74 Å². The number of aliphatic hydroxyl groups excluding tert-OH is 1. The van der Waals surface area contributed by atoms with Crippen molar-refractivity contribution in [2.45, 2.75) is 20.0 Å². The molecule has 0 fully saturated rings. The van der Waals surface area contributed by atoms with Gasteiger partial charge in [0.05, 0.1) is 25.7 Å². The molecule has 0 saturated carbocycles. The highest BCUT2D eigenvalue weighted by molar-refractivity contribution is 5.76. The summed E-state index contributed by atoms with van der Waals surface area (Å²) in [5.74, 6) is -0.886. The highest BCUT2D eigenvalue weighted by Crippen LogP contribution is 2.36. The van der Waals surface area contributed by atoms with E-state index in [0.29, 0.717) is 5.75 Å². The maximum atomic E-state index is 13.8. The number of rotatable bonds is 4. The molecule has 1 aromatic carbocycles. The van der Waals surface area contributed by atoms with Crippen LogP contribution in [0.5, 0.6) is 5.75 Å². The van der Waals surface area contributed by atoms with Gasteiger partial charge in [-0.3, -0.25) is 4.79 Å². The molecule has 1 rings (SSSR count). The molecular formula is C13H17FO4. The molecule has 1 N–H and O–H groups in total. The molecule has 0 bridgehead atoms. The lowest BCUT2D eigenvalue weighted by molar-refractivity contribution is -0.157. The topological polar surface area (TPSA) is 55.8 Å². The Balaban J connectivity index is 3.11. The summed E-state index contributed by atoms with van der Waals surface area (Å²) in [6.07, 6.45) is -1.30. The molecule has 0 spiro atoms. The van der Waals surface area contributed by atoms with E-state index in [1.807, 2.05) is 0 Å². The third-order valence-corrected chi connectivity index (χ3v) is 2.90. The third kappa shape index (κ3) is 2.61. The Morgan fingerprint density at radius 2 is 2.00 bits per heavy atom. The van der Waals surface area contributed by atoms with Crippen LogP contribution in [0.15, 0.2) is 18.2 Å². The normalized spacial score (nSPS) is 13.0. The van der Waals surface area contributed by atoms with E-state index < -0.39 is 23.3 Å². The zero-order chi connectivity index (χ0) is 13.9. The lowest BCUT2D eigenvalue weighted by atomic mass is 9.82. The van der Waals surface area contributed by atoms with E-state index in [2.05, 4.69) is 4.74 Å². The van der Waals surface area contributed by atoms with Crippen molar-refractivity contribution in [3.63, 3.8) is 0 Å². The summed E-state index contributed by atoms with van der Waals surface area (Å²) >= 11 is 0. The minimum absolute atomic E-state index is 0.0335. The van der Waals surface area contributed by atoms with E-state index in [1.165, 1.54) is 40.2 Å². The number of aliphatic hydroxyl groups is 1. The van der Waals surface area contributed by atoms with Gasteiger partial charge in [-0.15, -0.1) is 0 Å².